The minimum Gasteiger partial charge on any atom is -0.461 e. The van der Waals surface area contributed by atoms with E-state index >= 15 is 0 Å². The Kier molecular flexibility index (Phi) is 4.71. The highest BCUT2D eigenvalue weighted by atomic mass is 19.2. The van der Waals surface area contributed by atoms with Crippen molar-refractivity contribution >= 4 is 11.2 Å². The first-order valence-electron chi connectivity index (χ1n) is 7.53. The van der Waals surface area contributed by atoms with Crippen LogP contribution in [0.5, 0.6) is 6.01 Å². The van der Waals surface area contributed by atoms with Crippen molar-refractivity contribution in [3.63, 3.8) is 0 Å². The fourth-order valence-electron chi connectivity index (χ4n) is 2.32. The fourth-order valence-corrected chi connectivity index (χ4v) is 2.32. The number of aromatic nitrogens is 5. The Morgan fingerprint density at radius 2 is 1.96 bits per heavy atom. The summed E-state index contributed by atoms with van der Waals surface area (Å²) in [5.74, 6) is -2.05. The zero-order valence-electron chi connectivity index (χ0n) is 13.6. The molecule has 0 unspecified atom stereocenters. The fraction of sp³-hybridized carbons (Fsp3) is 0.267. The van der Waals surface area contributed by atoms with Crippen LogP contribution in [-0.2, 0) is 13.6 Å². The molecular formula is C15H14F2N6O3. The monoisotopic (exact) mass is 364 g/mol. The predicted molar refractivity (Wildman–Crippen MR) is 86.8 cm³/mol. The highest BCUT2D eigenvalue weighted by Gasteiger charge is 2.16. The number of fused-ring (bicyclic) bond motifs is 1. The number of nitrogens with zero attached hydrogens (tertiary/aromatic N) is 5. The third-order valence-electron chi connectivity index (χ3n) is 3.60. The Morgan fingerprint density at radius 3 is 2.65 bits per heavy atom. The molecule has 0 aliphatic heterocycles. The molecule has 0 aliphatic rings. The maximum Gasteiger partial charge on any atom is 0.336 e. The van der Waals surface area contributed by atoms with Crippen LogP contribution in [0.3, 0.4) is 0 Å². The molecule has 9 nitrogen and oxygen atoms in total. The summed E-state index contributed by atoms with van der Waals surface area (Å²) >= 11 is 0. The largest absolute Gasteiger partial charge is 0.461 e. The van der Waals surface area contributed by atoms with E-state index in [9.17, 15) is 18.4 Å². The minimum atomic E-state index is -1.05. The molecule has 0 spiro atoms. The van der Waals surface area contributed by atoms with Crippen LogP contribution in [-0.4, -0.2) is 37.5 Å². The van der Waals surface area contributed by atoms with E-state index in [2.05, 4.69) is 15.2 Å². The Morgan fingerprint density at radius 1 is 1.19 bits per heavy atom. The smallest absolute Gasteiger partial charge is 0.336 e. The number of nitrogens with two attached hydrogens (primary N) is 1. The SMILES string of the molecule is Cn1c(=O)c2nc(OCCN)nnc2n(Cc2ccc(F)c(F)c2)c1=O. The summed E-state index contributed by atoms with van der Waals surface area (Å²) in [7, 11) is 1.27. The molecular weight excluding hydrogens is 350 g/mol. The van der Waals surface area contributed by atoms with E-state index in [0.717, 1.165) is 21.3 Å². The van der Waals surface area contributed by atoms with Gasteiger partial charge in [-0.25, -0.2) is 13.6 Å². The van der Waals surface area contributed by atoms with Gasteiger partial charge in [0.2, 0.25) is 0 Å². The summed E-state index contributed by atoms with van der Waals surface area (Å²) in [6, 6.07) is 3.07. The van der Waals surface area contributed by atoms with Gasteiger partial charge in [-0.05, 0) is 17.7 Å². The molecule has 2 aromatic heterocycles. The van der Waals surface area contributed by atoms with Gasteiger partial charge in [0.15, 0.2) is 22.8 Å². The average molecular weight is 364 g/mol. The highest BCUT2D eigenvalue weighted by molar-refractivity contribution is 5.68. The van der Waals surface area contributed by atoms with E-state index in [4.69, 9.17) is 10.5 Å². The van der Waals surface area contributed by atoms with E-state index in [1.54, 1.807) is 0 Å². The molecule has 0 fully saturated rings. The Bertz CT molecular complexity index is 1100. The average Bonchev–Trinajstić information content (AvgIpc) is 2.64. The first-order chi connectivity index (χ1) is 12.4. The lowest BCUT2D eigenvalue weighted by atomic mass is 10.2. The zero-order valence-corrected chi connectivity index (χ0v) is 13.6. The van der Waals surface area contributed by atoms with E-state index < -0.39 is 22.9 Å². The van der Waals surface area contributed by atoms with Crippen molar-refractivity contribution in [2.45, 2.75) is 6.54 Å². The van der Waals surface area contributed by atoms with Crippen molar-refractivity contribution < 1.29 is 13.5 Å². The second-order valence-corrected chi connectivity index (χ2v) is 5.39. The lowest BCUT2D eigenvalue weighted by molar-refractivity contribution is 0.299. The molecule has 2 heterocycles. The molecule has 0 saturated heterocycles. The van der Waals surface area contributed by atoms with Crippen LogP contribution in [0.2, 0.25) is 0 Å². The number of ether oxygens (including phenoxy) is 1. The molecule has 0 aliphatic carbocycles. The van der Waals surface area contributed by atoms with Gasteiger partial charge in [0.05, 0.1) is 6.54 Å². The number of benzene rings is 1. The molecule has 1 aromatic carbocycles. The zero-order chi connectivity index (χ0) is 18.8. The standard InChI is InChI=1S/C15H14F2N6O3/c1-22-13(24)11-12(20-21-14(19-11)26-5-4-18)23(15(22)25)7-8-2-3-9(16)10(17)6-8/h2-3,6H,4-5,7,18H2,1H3. The molecule has 2 N–H and O–H groups in total. The summed E-state index contributed by atoms with van der Waals surface area (Å²) in [5.41, 5.74) is 4.01. The van der Waals surface area contributed by atoms with Gasteiger partial charge in [0.25, 0.3) is 5.56 Å². The Labute approximate surface area is 144 Å². The first-order valence-corrected chi connectivity index (χ1v) is 7.53. The van der Waals surface area contributed by atoms with Crippen molar-refractivity contribution in [3.05, 3.63) is 56.2 Å². The maximum absolute atomic E-state index is 13.4. The number of hydrogen-bond acceptors (Lipinski definition) is 7. The lowest BCUT2D eigenvalue weighted by Crippen LogP contribution is -2.39. The third kappa shape index (κ3) is 3.16. The lowest BCUT2D eigenvalue weighted by Gasteiger charge is -2.11. The Balaban J connectivity index is 2.16. The Hall–Kier alpha value is -3.21. The predicted octanol–water partition coefficient (Wildman–Crippen LogP) is -0.451. The third-order valence-corrected chi connectivity index (χ3v) is 3.60. The van der Waals surface area contributed by atoms with Crippen molar-refractivity contribution in [2.75, 3.05) is 13.2 Å². The molecule has 3 aromatic rings. The van der Waals surface area contributed by atoms with Crippen molar-refractivity contribution in [3.8, 4) is 6.01 Å². The molecule has 0 saturated carbocycles. The number of hydrogen-bond donors (Lipinski definition) is 1. The van der Waals surface area contributed by atoms with Crippen LogP contribution >= 0.6 is 0 Å². The van der Waals surface area contributed by atoms with E-state index in [1.165, 1.54) is 13.1 Å². The molecule has 0 atom stereocenters. The van der Waals surface area contributed by atoms with Crippen LogP contribution in [0.15, 0.2) is 27.8 Å². The summed E-state index contributed by atoms with van der Waals surface area (Å²) < 4.78 is 33.6. The van der Waals surface area contributed by atoms with Gasteiger partial charge in [-0.15, -0.1) is 5.10 Å². The molecule has 26 heavy (non-hydrogen) atoms. The molecule has 0 bridgehead atoms. The van der Waals surface area contributed by atoms with Crippen LogP contribution in [0.4, 0.5) is 8.78 Å². The van der Waals surface area contributed by atoms with Crippen molar-refractivity contribution in [1.82, 2.24) is 24.3 Å². The molecule has 0 amide bonds. The summed E-state index contributed by atoms with van der Waals surface area (Å²) in [4.78, 5) is 28.7. The quantitative estimate of drug-likeness (QED) is 0.651. The van der Waals surface area contributed by atoms with Crippen LogP contribution in [0.25, 0.3) is 11.2 Å². The summed E-state index contributed by atoms with van der Waals surface area (Å²) in [5, 5.41) is 7.55. The highest BCUT2D eigenvalue weighted by Crippen LogP contribution is 2.12. The second-order valence-electron chi connectivity index (χ2n) is 5.39. The van der Waals surface area contributed by atoms with Gasteiger partial charge in [0.1, 0.15) is 6.61 Å². The second kappa shape index (κ2) is 6.96. The maximum atomic E-state index is 13.4. The minimum absolute atomic E-state index is 0.0945. The normalized spacial score (nSPS) is 11.1. The first kappa shape index (κ1) is 17.6. The van der Waals surface area contributed by atoms with Crippen LogP contribution < -0.4 is 21.7 Å². The molecule has 11 heteroatoms. The van der Waals surface area contributed by atoms with Gasteiger partial charge >= 0.3 is 11.7 Å². The molecule has 3 rings (SSSR count). The van der Waals surface area contributed by atoms with Gasteiger partial charge in [-0.2, -0.15) is 4.98 Å². The van der Waals surface area contributed by atoms with Crippen LogP contribution in [0.1, 0.15) is 5.56 Å². The van der Waals surface area contributed by atoms with Crippen LogP contribution in [0, 0.1) is 11.6 Å². The molecule has 0 radical (unpaired) electrons. The van der Waals surface area contributed by atoms with Gasteiger partial charge in [-0.1, -0.05) is 11.2 Å². The van der Waals surface area contributed by atoms with Crippen molar-refractivity contribution in [1.29, 1.82) is 0 Å². The van der Waals surface area contributed by atoms with E-state index in [0.29, 0.717) is 5.56 Å². The van der Waals surface area contributed by atoms with Crippen molar-refractivity contribution in [2.24, 2.45) is 12.8 Å². The van der Waals surface area contributed by atoms with E-state index in [1.807, 2.05) is 0 Å². The number of rotatable bonds is 5. The molecule has 136 valence electrons. The van der Waals surface area contributed by atoms with Gasteiger partial charge in [-0.3, -0.25) is 13.9 Å². The van der Waals surface area contributed by atoms with Gasteiger partial charge in [0, 0.05) is 13.6 Å². The number of halogens is 2. The van der Waals surface area contributed by atoms with E-state index in [-0.39, 0.29) is 36.9 Å². The topological polar surface area (TPSA) is 118 Å². The summed E-state index contributed by atoms with van der Waals surface area (Å²) in [6.07, 6.45) is 0. The summed E-state index contributed by atoms with van der Waals surface area (Å²) in [6.45, 7) is 0.192. The van der Waals surface area contributed by atoms with Gasteiger partial charge < -0.3 is 10.5 Å².